The third-order valence-electron chi connectivity index (χ3n) is 1.51. The Morgan fingerprint density at radius 1 is 1.45 bits per heavy atom. The minimum absolute atomic E-state index is 0.00347. The quantitative estimate of drug-likeness (QED) is 0.318. The van der Waals surface area contributed by atoms with Crippen LogP contribution >= 0.6 is 0 Å². The molecule has 0 aliphatic carbocycles. The van der Waals surface area contributed by atoms with Crippen molar-refractivity contribution < 1.29 is 5.03 Å². The smallest absolute Gasteiger partial charge is 0.168 e. The fourth-order valence-electron chi connectivity index (χ4n) is 0.966. The molecule has 1 aliphatic heterocycles. The first-order valence-electron chi connectivity index (χ1n) is 3.21. The van der Waals surface area contributed by atoms with Crippen LogP contribution < -0.4 is 0 Å². The molecule has 1 saturated heterocycles. The lowest BCUT2D eigenvalue weighted by atomic mass is 10.3. The average Bonchev–Trinajstić information content (AvgIpc) is 2.05. The van der Waals surface area contributed by atoms with Gasteiger partial charge in [-0.05, 0) is 6.42 Å². The van der Waals surface area contributed by atoms with Crippen LogP contribution in [0, 0.1) is 15.0 Å². The first-order valence-corrected chi connectivity index (χ1v) is 3.21. The largest absolute Gasteiger partial charge is 0.235 e. The van der Waals surface area contributed by atoms with Crippen LogP contribution in [-0.4, -0.2) is 34.8 Å². The topological polar surface area (TPSA) is 79.0 Å². The highest BCUT2D eigenvalue weighted by Crippen LogP contribution is 2.04. The average molecular weight is 160 g/mol. The third-order valence-corrected chi connectivity index (χ3v) is 1.51. The van der Waals surface area contributed by atoms with Gasteiger partial charge in [0.1, 0.15) is 0 Å². The first-order chi connectivity index (χ1) is 5.24. The molecule has 7 heteroatoms. The highest BCUT2D eigenvalue weighted by molar-refractivity contribution is 4.58. The van der Waals surface area contributed by atoms with Crippen molar-refractivity contribution in [3.63, 3.8) is 0 Å². The third kappa shape index (κ3) is 1.76. The zero-order valence-electron chi connectivity index (χ0n) is 5.84. The molecule has 0 spiro atoms. The van der Waals surface area contributed by atoms with Gasteiger partial charge < -0.3 is 0 Å². The minimum Gasteiger partial charge on any atom is -0.235 e. The predicted octanol–water partition coefficient (Wildman–Crippen LogP) is -0.175. The maximum atomic E-state index is 10.2. The predicted molar refractivity (Wildman–Crippen MR) is 35.7 cm³/mol. The van der Waals surface area contributed by atoms with Crippen molar-refractivity contribution in [2.45, 2.75) is 6.42 Å². The number of rotatable bonds is 2. The van der Waals surface area contributed by atoms with E-state index in [0.717, 1.165) is 10.0 Å². The summed E-state index contributed by atoms with van der Waals surface area (Å²) in [5.41, 5.74) is 0. The van der Waals surface area contributed by atoms with E-state index in [9.17, 15) is 15.0 Å². The van der Waals surface area contributed by atoms with Gasteiger partial charge in [0.2, 0.25) is 0 Å². The molecule has 1 heterocycles. The Kier molecular flexibility index (Phi) is 2.19. The van der Waals surface area contributed by atoms with E-state index in [2.05, 4.69) is 5.29 Å². The number of nitro groups is 1. The molecule has 62 valence electrons. The Bertz CT molecular complexity index is 173. The molecule has 0 atom stereocenters. The number of hydrogen-bond donors (Lipinski definition) is 0. The second-order valence-corrected chi connectivity index (χ2v) is 2.27. The highest BCUT2D eigenvalue weighted by atomic mass is 16.7. The number of nitrogens with zero attached hydrogens (tertiary/aromatic N) is 4. The molecule has 1 fully saturated rings. The fraction of sp³-hybridized carbons (Fsp3) is 1.00. The molecule has 0 bridgehead atoms. The molecule has 0 aromatic heterocycles. The molecule has 0 saturated carbocycles. The monoisotopic (exact) mass is 160 g/mol. The molecule has 0 amide bonds. The van der Waals surface area contributed by atoms with Crippen molar-refractivity contribution in [3.8, 4) is 0 Å². The van der Waals surface area contributed by atoms with Crippen LogP contribution in [-0.2, 0) is 0 Å². The molecule has 11 heavy (non-hydrogen) atoms. The van der Waals surface area contributed by atoms with Gasteiger partial charge in [0.15, 0.2) is 11.7 Å². The zero-order chi connectivity index (χ0) is 8.27. The van der Waals surface area contributed by atoms with Gasteiger partial charge in [-0.1, -0.05) is 0 Å². The number of hydrogen-bond acceptors (Lipinski definition) is 4. The summed E-state index contributed by atoms with van der Waals surface area (Å²) in [4.78, 5) is 20.1. The Labute approximate surface area is 62.6 Å². The molecule has 0 radical (unpaired) electrons. The maximum absolute atomic E-state index is 10.2. The molecule has 1 aliphatic rings. The van der Waals surface area contributed by atoms with Crippen molar-refractivity contribution in [3.05, 3.63) is 15.0 Å². The normalized spacial score (nSPS) is 18.2. The highest BCUT2D eigenvalue weighted by Gasteiger charge is 2.23. The van der Waals surface area contributed by atoms with Gasteiger partial charge in [-0.3, -0.25) is 0 Å². The molecule has 0 N–H and O–H groups in total. The summed E-state index contributed by atoms with van der Waals surface area (Å²) < 4.78 is 0. The molecule has 0 aromatic carbocycles. The Hall–Kier alpha value is -1.40. The van der Waals surface area contributed by atoms with E-state index in [1.165, 1.54) is 0 Å². The second-order valence-electron chi connectivity index (χ2n) is 2.27. The van der Waals surface area contributed by atoms with E-state index in [0.29, 0.717) is 19.5 Å². The standard InChI is InChI=1S/C4H8N4O3/c9-5-6-2-1-3-7(4-6)8(10)11/h1-4H2. The van der Waals surface area contributed by atoms with Crippen molar-refractivity contribution in [2.24, 2.45) is 5.29 Å². The van der Waals surface area contributed by atoms with Crippen LogP contribution in [0.5, 0.6) is 0 Å². The molecular formula is C4H8N4O3. The summed E-state index contributed by atoms with van der Waals surface area (Å²) in [6.45, 7) is 0.892. The maximum Gasteiger partial charge on any atom is 0.168 e. The van der Waals surface area contributed by atoms with E-state index in [1.807, 2.05) is 0 Å². The number of nitroso groups, excluding NO2 is 1. The zero-order valence-corrected chi connectivity index (χ0v) is 5.84. The van der Waals surface area contributed by atoms with Crippen LogP contribution in [0.1, 0.15) is 6.42 Å². The lowest BCUT2D eigenvalue weighted by Crippen LogP contribution is -2.44. The first kappa shape index (κ1) is 7.70. The van der Waals surface area contributed by atoms with Crippen LogP contribution in [0.4, 0.5) is 0 Å². The van der Waals surface area contributed by atoms with Gasteiger partial charge in [0.25, 0.3) is 0 Å². The Morgan fingerprint density at radius 3 is 2.73 bits per heavy atom. The van der Waals surface area contributed by atoms with Gasteiger partial charge in [-0.15, -0.1) is 9.92 Å². The Morgan fingerprint density at radius 2 is 2.18 bits per heavy atom. The van der Waals surface area contributed by atoms with Crippen LogP contribution in [0.25, 0.3) is 0 Å². The van der Waals surface area contributed by atoms with Crippen LogP contribution in [0.3, 0.4) is 0 Å². The van der Waals surface area contributed by atoms with E-state index in [4.69, 9.17) is 0 Å². The SMILES string of the molecule is O=NN1CCCN([N+](=O)[O-])C1. The molecule has 0 aromatic rings. The van der Waals surface area contributed by atoms with Gasteiger partial charge in [0, 0.05) is 6.54 Å². The van der Waals surface area contributed by atoms with Crippen molar-refractivity contribution in [2.75, 3.05) is 19.8 Å². The van der Waals surface area contributed by atoms with E-state index >= 15 is 0 Å². The van der Waals surface area contributed by atoms with E-state index in [1.54, 1.807) is 0 Å². The molecule has 0 unspecified atom stereocenters. The van der Waals surface area contributed by atoms with Crippen molar-refractivity contribution in [1.29, 1.82) is 0 Å². The van der Waals surface area contributed by atoms with Crippen LogP contribution in [0.2, 0.25) is 0 Å². The lowest BCUT2D eigenvalue weighted by molar-refractivity contribution is -0.662. The molecular weight excluding hydrogens is 152 g/mol. The summed E-state index contributed by atoms with van der Waals surface area (Å²) in [5, 5.41) is 14.4. The second kappa shape index (κ2) is 3.13. The summed E-state index contributed by atoms with van der Waals surface area (Å²) in [7, 11) is 0. The van der Waals surface area contributed by atoms with Gasteiger partial charge in [-0.25, -0.2) is 15.1 Å². The van der Waals surface area contributed by atoms with Gasteiger partial charge in [0.05, 0.1) is 11.8 Å². The molecule has 7 nitrogen and oxygen atoms in total. The van der Waals surface area contributed by atoms with E-state index in [-0.39, 0.29) is 6.67 Å². The van der Waals surface area contributed by atoms with Crippen LogP contribution in [0.15, 0.2) is 5.29 Å². The number of hydrazine groups is 1. The van der Waals surface area contributed by atoms with Crippen molar-refractivity contribution in [1.82, 2.24) is 10.0 Å². The summed E-state index contributed by atoms with van der Waals surface area (Å²) in [5.74, 6) is 0. The molecule has 1 rings (SSSR count). The summed E-state index contributed by atoms with van der Waals surface area (Å²) >= 11 is 0. The fourth-order valence-corrected chi connectivity index (χ4v) is 0.966. The van der Waals surface area contributed by atoms with Crippen molar-refractivity contribution >= 4 is 0 Å². The summed E-state index contributed by atoms with van der Waals surface area (Å²) in [6, 6.07) is 0. The summed E-state index contributed by atoms with van der Waals surface area (Å²) in [6.07, 6.45) is 0.604. The Balaban J connectivity index is 2.45. The van der Waals surface area contributed by atoms with Gasteiger partial charge in [-0.2, -0.15) is 0 Å². The van der Waals surface area contributed by atoms with Gasteiger partial charge >= 0.3 is 0 Å². The van der Waals surface area contributed by atoms with E-state index < -0.39 is 5.03 Å². The lowest BCUT2D eigenvalue weighted by Gasteiger charge is -2.25. The minimum atomic E-state index is -0.517.